The van der Waals surface area contributed by atoms with E-state index >= 15 is 0 Å². The number of amides is 1. The van der Waals surface area contributed by atoms with E-state index in [9.17, 15) is 4.79 Å². The zero-order valence-electron chi connectivity index (χ0n) is 21.6. The Morgan fingerprint density at radius 1 is 0.861 bits per heavy atom. The first-order valence-electron chi connectivity index (χ1n) is 13.3. The van der Waals surface area contributed by atoms with Crippen LogP contribution >= 0.6 is 0 Å². The molecule has 7 rings (SSSR count). The molecule has 1 amide bonds. The molecule has 2 aromatic carbocycles. The van der Waals surface area contributed by atoms with Gasteiger partial charge in [0.15, 0.2) is 23.0 Å². The monoisotopic (exact) mass is 491 g/mol. The minimum Gasteiger partial charge on any atom is -0.493 e. The van der Waals surface area contributed by atoms with Gasteiger partial charge < -0.3 is 23.8 Å². The number of methoxy groups -OCH3 is 3. The van der Waals surface area contributed by atoms with Gasteiger partial charge in [-0.2, -0.15) is 0 Å². The summed E-state index contributed by atoms with van der Waals surface area (Å²) in [4.78, 5) is 16.6. The Morgan fingerprint density at radius 3 is 2.06 bits per heavy atom. The second kappa shape index (κ2) is 9.20. The number of ether oxygens (including phenoxy) is 4. The van der Waals surface area contributed by atoms with Crippen molar-refractivity contribution in [3.63, 3.8) is 0 Å². The molecule has 0 unspecified atom stereocenters. The van der Waals surface area contributed by atoms with Crippen LogP contribution in [0.15, 0.2) is 36.4 Å². The van der Waals surface area contributed by atoms with Crippen LogP contribution < -0.4 is 18.9 Å². The summed E-state index contributed by atoms with van der Waals surface area (Å²) in [5.74, 6) is 5.31. The molecule has 1 atom stereocenters. The number of carbonyl (C=O) groups excluding carboxylic acids is 1. The molecule has 6 heteroatoms. The van der Waals surface area contributed by atoms with Crippen LogP contribution in [0.25, 0.3) is 0 Å². The lowest BCUT2D eigenvalue weighted by Gasteiger charge is -2.57. The fraction of sp³-hybridized carbons (Fsp3) is 0.567. The molecule has 4 fully saturated rings. The zero-order valence-corrected chi connectivity index (χ0v) is 21.6. The first-order chi connectivity index (χ1) is 17.5. The van der Waals surface area contributed by atoms with Gasteiger partial charge >= 0.3 is 0 Å². The molecule has 0 N–H and O–H groups in total. The second-order valence-electron chi connectivity index (χ2n) is 11.3. The quantitative estimate of drug-likeness (QED) is 0.517. The van der Waals surface area contributed by atoms with Crippen molar-refractivity contribution >= 4 is 5.91 Å². The van der Waals surface area contributed by atoms with Crippen LogP contribution in [0.5, 0.6) is 23.0 Å². The molecular formula is C30H37NO5. The number of carbonyl (C=O) groups is 1. The van der Waals surface area contributed by atoms with Crippen molar-refractivity contribution in [2.45, 2.75) is 51.0 Å². The lowest BCUT2D eigenvalue weighted by Crippen LogP contribution is -2.56. The van der Waals surface area contributed by atoms with Gasteiger partial charge in [0.2, 0.25) is 5.91 Å². The number of fused-ring (bicyclic) bond motifs is 1. The second-order valence-corrected chi connectivity index (χ2v) is 11.3. The summed E-state index contributed by atoms with van der Waals surface area (Å²) in [5.41, 5.74) is 2.09. The molecule has 1 aliphatic heterocycles. The van der Waals surface area contributed by atoms with Crippen LogP contribution in [-0.2, 0) is 11.2 Å². The summed E-state index contributed by atoms with van der Waals surface area (Å²) < 4.78 is 23.1. The Bertz CT molecular complexity index is 1110. The molecule has 0 saturated heterocycles. The predicted molar refractivity (Wildman–Crippen MR) is 137 cm³/mol. The van der Waals surface area contributed by atoms with Gasteiger partial charge in [0.25, 0.3) is 0 Å². The van der Waals surface area contributed by atoms with Crippen LogP contribution in [-0.4, -0.2) is 45.3 Å². The molecule has 5 aliphatic rings. The topological polar surface area (TPSA) is 57.2 Å². The zero-order chi connectivity index (χ0) is 24.9. The summed E-state index contributed by atoms with van der Waals surface area (Å²) in [5, 5.41) is 0. The Hall–Kier alpha value is -2.89. The fourth-order valence-electron chi connectivity index (χ4n) is 8.03. The summed E-state index contributed by atoms with van der Waals surface area (Å²) in [6, 6.07) is 11.6. The lowest BCUT2D eigenvalue weighted by molar-refractivity contribution is -0.161. The van der Waals surface area contributed by atoms with Crippen molar-refractivity contribution in [1.82, 2.24) is 4.90 Å². The summed E-state index contributed by atoms with van der Waals surface area (Å²) in [7, 11) is 4.97. The Kier molecular flexibility index (Phi) is 6.01. The van der Waals surface area contributed by atoms with Crippen LogP contribution in [0.2, 0.25) is 0 Å². The Balaban J connectivity index is 1.35. The van der Waals surface area contributed by atoms with Gasteiger partial charge in [-0.05, 0) is 98.1 Å². The molecule has 4 saturated carbocycles. The van der Waals surface area contributed by atoms with Gasteiger partial charge in [0.05, 0.1) is 32.8 Å². The molecule has 192 valence electrons. The van der Waals surface area contributed by atoms with Gasteiger partial charge in [-0.1, -0.05) is 12.1 Å². The highest BCUT2D eigenvalue weighted by molar-refractivity contribution is 5.84. The summed E-state index contributed by atoms with van der Waals surface area (Å²) >= 11 is 0. The van der Waals surface area contributed by atoms with E-state index < -0.39 is 0 Å². The summed E-state index contributed by atoms with van der Waals surface area (Å²) in [6.45, 7) is 1.06. The molecular weight excluding hydrogens is 454 g/mol. The number of rotatable bonds is 7. The number of para-hydroxylation sites is 2. The molecule has 4 bridgehead atoms. The number of hydrogen-bond acceptors (Lipinski definition) is 5. The molecule has 0 aromatic heterocycles. The van der Waals surface area contributed by atoms with E-state index in [0.717, 1.165) is 54.7 Å². The van der Waals surface area contributed by atoms with Crippen LogP contribution in [0.4, 0.5) is 0 Å². The lowest BCUT2D eigenvalue weighted by atomic mass is 9.49. The van der Waals surface area contributed by atoms with Crippen LogP contribution in [0.1, 0.15) is 55.7 Å². The van der Waals surface area contributed by atoms with E-state index in [1.165, 1.54) is 24.8 Å². The number of nitrogens with zero attached hydrogens (tertiary/aromatic N) is 1. The molecule has 1 heterocycles. The van der Waals surface area contributed by atoms with Crippen molar-refractivity contribution in [3.05, 3.63) is 47.5 Å². The van der Waals surface area contributed by atoms with Crippen LogP contribution in [0.3, 0.4) is 0 Å². The molecule has 4 aliphatic carbocycles. The van der Waals surface area contributed by atoms with E-state index in [-0.39, 0.29) is 11.5 Å². The molecule has 2 aromatic rings. The maximum absolute atomic E-state index is 14.5. The average molecular weight is 492 g/mol. The number of benzene rings is 2. The molecule has 0 radical (unpaired) electrons. The van der Waals surface area contributed by atoms with Gasteiger partial charge in [-0.3, -0.25) is 4.79 Å². The molecule has 0 spiro atoms. The van der Waals surface area contributed by atoms with Crippen molar-refractivity contribution in [1.29, 1.82) is 0 Å². The third-order valence-corrected chi connectivity index (χ3v) is 9.22. The highest BCUT2D eigenvalue weighted by atomic mass is 16.5. The highest BCUT2D eigenvalue weighted by Gasteiger charge is 2.56. The van der Waals surface area contributed by atoms with E-state index in [1.807, 2.05) is 30.3 Å². The first-order valence-corrected chi connectivity index (χ1v) is 13.3. The fourth-order valence-corrected chi connectivity index (χ4v) is 8.03. The SMILES string of the molecule is COc1cc2c(cc1OC)[C@@H](COc1ccccc1OC)N(C(=O)C13CC4CC(CC(C4)C1)C3)CC2. The molecule has 6 nitrogen and oxygen atoms in total. The standard InChI is InChI=1S/C30H37NO5/c1-33-25-6-4-5-7-26(25)36-18-24-23-14-28(35-3)27(34-2)13-22(23)8-9-31(24)29(32)30-15-19-10-20(16-30)12-21(11-19)17-30/h4-7,13-14,19-21,24H,8-12,15-18H2,1-3H3/t19?,20?,21?,24-,30?/m1/s1. The van der Waals surface area contributed by atoms with E-state index in [1.54, 1.807) is 21.3 Å². The maximum atomic E-state index is 14.5. The normalized spacial score (nSPS) is 30.0. The summed E-state index contributed by atoms with van der Waals surface area (Å²) in [6.07, 6.45) is 7.97. The van der Waals surface area contributed by atoms with Gasteiger partial charge in [0.1, 0.15) is 6.61 Å². The maximum Gasteiger partial charge on any atom is 0.229 e. The minimum atomic E-state index is -0.195. The van der Waals surface area contributed by atoms with Gasteiger partial charge in [-0.15, -0.1) is 0 Å². The first kappa shape index (κ1) is 23.5. The minimum absolute atomic E-state index is 0.189. The van der Waals surface area contributed by atoms with Crippen molar-refractivity contribution < 1.29 is 23.7 Å². The van der Waals surface area contributed by atoms with E-state index in [2.05, 4.69) is 11.0 Å². The van der Waals surface area contributed by atoms with E-state index in [0.29, 0.717) is 36.3 Å². The smallest absolute Gasteiger partial charge is 0.229 e. The Labute approximate surface area is 213 Å². The third-order valence-electron chi connectivity index (χ3n) is 9.22. The van der Waals surface area contributed by atoms with Crippen LogP contribution in [0, 0.1) is 23.2 Å². The van der Waals surface area contributed by atoms with Crippen molar-refractivity contribution in [3.8, 4) is 23.0 Å². The predicted octanol–water partition coefficient (Wildman–Crippen LogP) is 5.43. The Morgan fingerprint density at radius 2 is 1.44 bits per heavy atom. The number of hydrogen-bond donors (Lipinski definition) is 0. The average Bonchev–Trinajstić information content (AvgIpc) is 2.89. The van der Waals surface area contributed by atoms with Gasteiger partial charge in [0, 0.05) is 6.54 Å². The molecule has 36 heavy (non-hydrogen) atoms. The third kappa shape index (κ3) is 3.89. The van der Waals surface area contributed by atoms with Crippen molar-refractivity contribution in [2.24, 2.45) is 23.2 Å². The van der Waals surface area contributed by atoms with Gasteiger partial charge in [-0.25, -0.2) is 0 Å². The van der Waals surface area contributed by atoms with E-state index in [4.69, 9.17) is 18.9 Å². The highest BCUT2D eigenvalue weighted by Crippen LogP contribution is 2.61. The largest absolute Gasteiger partial charge is 0.493 e. The van der Waals surface area contributed by atoms with Crippen molar-refractivity contribution in [2.75, 3.05) is 34.5 Å².